The third-order valence-electron chi connectivity index (χ3n) is 5.36. The maximum atomic E-state index is 12.4. The fraction of sp³-hybridized carbons (Fsp3) is 0.250. The standard InChI is InChI=1S/C24H25N5O3/c1-15-21(7-8-24(30)27-18-6-5-9-25-14-18)16(2)29-23(26-15)13-22(28-29)17-10-19(31-3)12-20(11-17)32-4/h5-6,9-14H,7-8H2,1-4H3,(H,27,30). The summed E-state index contributed by atoms with van der Waals surface area (Å²) < 4.78 is 12.6. The highest BCUT2D eigenvalue weighted by Crippen LogP contribution is 2.30. The molecule has 1 aromatic carbocycles. The minimum Gasteiger partial charge on any atom is -0.497 e. The van der Waals surface area contributed by atoms with Crippen molar-refractivity contribution in [2.24, 2.45) is 0 Å². The number of aryl methyl sites for hydroxylation is 2. The lowest BCUT2D eigenvalue weighted by molar-refractivity contribution is -0.116. The Bertz CT molecular complexity index is 1250. The second-order valence-electron chi connectivity index (χ2n) is 7.45. The molecule has 32 heavy (non-hydrogen) atoms. The summed E-state index contributed by atoms with van der Waals surface area (Å²) in [5, 5.41) is 7.63. The van der Waals surface area contributed by atoms with Crippen molar-refractivity contribution in [3.63, 3.8) is 0 Å². The number of nitrogens with one attached hydrogen (secondary N) is 1. The maximum absolute atomic E-state index is 12.4. The lowest BCUT2D eigenvalue weighted by Gasteiger charge is -2.11. The molecule has 0 saturated carbocycles. The van der Waals surface area contributed by atoms with Crippen molar-refractivity contribution < 1.29 is 14.3 Å². The molecule has 8 nitrogen and oxygen atoms in total. The van der Waals surface area contributed by atoms with Crippen LogP contribution in [0.4, 0.5) is 5.69 Å². The van der Waals surface area contributed by atoms with E-state index in [0.29, 0.717) is 30.0 Å². The molecule has 0 radical (unpaired) electrons. The van der Waals surface area contributed by atoms with Gasteiger partial charge >= 0.3 is 0 Å². The lowest BCUT2D eigenvalue weighted by Crippen LogP contribution is -2.14. The Morgan fingerprint density at radius 1 is 1.09 bits per heavy atom. The normalized spacial score (nSPS) is 10.9. The van der Waals surface area contributed by atoms with E-state index in [1.165, 1.54) is 0 Å². The van der Waals surface area contributed by atoms with Crippen molar-refractivity contribution in [1.29, 1.82) is 0 Å². The van der Waals surface area contributed by atoms with Crippen LogP contribution in [-0.2, 0) is 11.2 Å². The second kappa shape index (κ2) is 9.05. The molecule has 0 aliphatic heterocycles. The predicted molar refractivity (Wildman–Crippen MR) is 122 cm³/mol. The van der Waals surface area contributed by atoms with Crippen LogP contribution in [0.5, 0.6) is 11.5 Å². The van der Waals surface area contributed by atoms with E-state index in [0.717, 1.165) is 33.9 Å². The molecule has 8 heteroatoms. The number of methoxy groups -OCH3 is 2. The Balaban J connectivity index is 1.60. The van der Waals surface area contributed by atoms with Crippen molar-refractivity contribution in [1.82, 2.24) is 19.6 Å². The molecule has 0 aliphatic rings. The van der Waals surface area contributed by atoms with Gasteiger partial charge in [-0.3, -0.25) is 9.78 Å². The van der Waals surface area contributed by atoms with Crippen LogP contribution in [0.2, 0.25) is 0 Å². The number of hydrogen-bond acceptors (Lipinski definition) is 6. The Morgan fingerprint density at radius 2 is 1.84 bits per heavy atom. The third kappa shape index (κ3) is 4.39. The van der Waals surface area contributed by atoms with Crippen molar-refractivity contribution in [3.05, 3.63) is 65.7 Å². The smallest absolute Gasteiger partial charge is 0.224 e. The topological polar surface area (TPSA) is 90.6 Å². The number of fused-ring (bicyclic) bond motifs is 1. The van der Waals surface area contributed by atoms with Crippen LogP contribution in [0.3, 0.4) is 0 Å². The SMILES string of the molecule is COc1cc(OC)cc(-c2cc3nc(C)c(CCC(=O)Nc4cccnc4)c(C)n3n2)c1. The highest BCUT2D eigenvalue weighted by atomic mass is 16.5. The summed E-state index contributed by atoms with van der Waals surface area (Å²) >= 11 is 0. The van der Waals surface area contributed by atoms with E-state index in [9.17, 15) is 4.79 Å². The van der Waals surface area contributed by atoms with Gasteiger partial charge in [-0.05, 0) is 50.1 Å². The van der Waals surface area contributed by atoms with Gasteiger partial charge in [0.1, 0.15) is 11.5 Å². The molecule has 0 atom stereocenters. The van der Waals surface area contributed by atoms with Crippen molar-refractivity contribution >= 4 is 17.2 Å². The molecule has 164 valence electrons. The van der Waals surface area contributed by atoms with Gasteiger partial charge in [-0.15, -0.1) is 0 Å². The number of carbonyl (C=O) groups is 1. The van der Waals surface area contributed by atoms with Gasteiger partial charge in [0, 0.05) is 41.7 Å². The molecular formula is C24H25N5O3. The number of aromatic nitrogens is 4. The molecule has 0 unspecified atom stereocenters. The highest BCUT2D eigenvalue weighted by Gasteiger charge is 2.15. The van der Waals surface area contributed by atoms with Crippen LogP contribution in [-0.4, -0.2) is 39.7 Å². The van der Waals surface area contributed by atoms with E-state index in [-0.39, 0.29) is 5.91 Å². The molecule has 3 aromatic heterocycles. The van der Waals surface area contributed by atoms with Gasteiger partial charge in [-0.1, -0.05) is 0 Å². The maximum Gasteiger partial charge on any atom is 0.224 e. The van der Waals surface area contributed by atoms with Crippen molar-refractivity contribution in [2.45, 2.75) is 26.7 Å². The van der Waals surface area contributed by atoms with E-state index in [4.69, 9.17) is 19.6 Å². The summed E-state index contributed by atoms with van der Waals surface area (Å²) in [5.41, 5.74) is 5.94. The van der Waals surface area contributed by atoms with Gasteiger partial charge in [0.25, 0.3) is 0 Å². The summed E-state index contributed by atoms with van der Waals surface area (Å²) in [4.78, 5) is 21.1. The molecule has 0 fully saturated rings. The van der Waals surface area contributed by atoms with E-state index in [1.807, 2.05) is 48.7 Å². The van der Waals surface area contributed by atoms with Crippen LogP contribution in [0.25, 0.3) is 16.9 Å². The average molecular weight is 431 g/mol. The second-order valence-corrected chi connectivity index (χ2v) is 7.45. The number of rotatable bonds is 7. The van der Waals surface area contributed by atoms with Gasteiger partial charge in [-0.2, -0.15) is 5.10 Å². The number of amides is 1. The van der Waals surface area contributed by atoms with Gasteiger partial charge in [0.05, 0.1) is 31.8 Å². The third-order valence-corrected chi connectivity index (χ3v) is 5.36. The first-order valence-electron chi connectivity index (χ1n) is 10.3. The number of nitrogens with zero attached hydrogens (tertiary/aromatic N) is 4. The molecular weight excluding hydrogens is 406 g/mol. The summed E-state index contributed by atoms with van der Waals surface area (Å²) in [7, 11) is 3.24. The number of anilines is 1. The number of pyridine rings is 1. The van der Waals surface area contributed by atoms with Crippen LogP contribution in [0, 0.1) is 13.8 Å². The predicted octanol–water partition coefficient (Wildman–Crippen LogP) is 4.00. The van der Waals surface area contributed by atoms with Gasteiger partial charge in [0.15, 0.2) is 5.65 Å². The first kappa shape index (κ1) is 21.3. The molecule has 1 N–H and O–H groups in total. The summed E-state index contributed by atoms with van der Waals surface area (Å²) in [6.45, 7) is 3.96. The van der Waals surface area contributed by atoms with Crippen LogP contribution in [0.1, 0.15) is 23.4 Å². The fourth-order valence-corrected chi connectivity index (χ4v) is 3.68. The molecule has 3 heterocycles. The summed E-state index contributed by atoms with van der Waals surface area (Å²) in [6, 6.07) is 11.2. The van der Waals surface area contributed by atoms with Gasteiger partial charge in [0.2, 0.25) is 5.91 Å². The number of ether oxygens (including phenoxy) is 2. The molecule has 1 amide bonds. The van der Waals surface area contributed by atoms with Crippen molar-refractivity contribution in [2.75, 3.05) is 19.5 Å². The van der Waals surface area contributed by atoms with Crippen molar-refractivity contribution in [3.8, 4) is 22.8 Å². The fourth-order valence-electron chi connectivity index (χ4n) is 3.68. The quantitative estimate of drug-likeness (QED) is 0.476. The Morgan fingerprint density at radius 3 is 2.50 bits per heavy atom. The Kier molecular flexibility index (Phi) is 6.02. The lowest BCUT2D eigenvalue weighted by atomic mass is 10.1. The zero-order valence-electron chi connectivity index (χ0n) is 18.5. The van der Waals surface area contributed by atoms with E-state index < -0.39 is 0 Å². The molecule has 4 rings (SSSR count). The molecule has 0 bridgehead atoms. The first-order chi connectivity index (χ1) is 15.5. The van der Waals surface area contributed by atoms with Crippen LogP contribution >= 0.6 is 0 Å². The molecule has 0 aliphatic carbocycles. The molecule has 0 spiro atoms. The Labute approximate surface area is 186 Å². The summed E-state index contributed by atoms with van der Waals surface area (Å²) in [6.07, 6.45) is 4.20. The van der Waals surface area contributed by atoms with Crippen LogP contribution in [0.15, 0.2) is 48.8 Å². The molecule has 4 aromatic rings. The zero-order chi connectivity index (χ0) is 22.7. The molecule has 0 saturated heterocycles. The van der Waals surface area contributed by atoms with Crippen LogP contribution < -0.4 is 14.8 Å². The van der Waals surface area contributed by atoms with E-state index >= 15 is 0 Å². The van der Waals surface area contributed by atoms with E-state index in [2.05, 4.69) is 10.3 Å². The summed E-state index contributed by atoms with van der Waals surface area (Å²) in [5.74, 6) is 1.32. The monoisotopic (exact) mass is 431 g/mol. The Hall–Kier alpha value is -3.94. The van der Waals surface area contributed by atoms with Gasteiger partial charge < -0.3 is 14.8 Å². The largest absolute Gasteiger partial charge is 0.497 e. The minimum atomic E-state index is -0.0680. The average Bonchev–Trinajstić information content (AvgIpc) is 3.23. The first-order valence-corrected chi connectivity index (χ1v) is 10.3. The zero-order valence-corrected chi connectivity index (χ0v) is 18.5. The minimum absolute atomic E-state index is 0.0680. The highest BCUT2D eigenvalue weighted by molar-refractivity contribution is 5.90. The number of hydrogen-bond donors (Lipinski definition) is 1. The number of benzene rings is 1. The van der Waals surface area contributed by atoms with Gasteiger partial charge in [-0.25, -0.2) is 9.50 Å². The number of carbonyl (C=O) groups excluding carboxylic acids is 1. The van der Waals surface area contributed by atoms with E-state index in [1.54, 1.807) is 32.7 Å².